The molecular weight excluding hydrogens is 349 g/mol. The lowest BCUT2D eigenvalue weighted by molar-refractivity contribution is 0.526. The number of hydrogen-bond donors (Lipinski definition) is 1. The number of benzene rings is 1. The van der Waals surface area contributed by atoms with E-state index in [1.165, 1.54) is 0 Å². The van der Waals surface area contributed by atoms with E-state index in [4.69, 9.17) is 27.6 Å². The van der Waals surface area contributed by atoms with Crippen LogP contribution in [0.15, 0.2) is 34.7 Å². The van der Waals surface area contributed by atoms with E-state index in [1.807, 2.05) is 12.1 Å². The highest BCUT2D eigenvalue weighted by Gasteiger charge is 2.11. The van der Waals surface area contributed by atoms with Crippen molar-refractivity contribution in [3.63, 3.8) is 0 Å². The minimum atomic E-state index is 0.477. The molecule has 6 nitrogen and oxygen atoms in total. The Labute approximate surface area is 149 Å². The van der Waals surface area contributed by atoms with E-state index in [0.29, 0.717) is 28.3 Å². The summed E-state index contributed by atoms with van der Waals surface area (Å²) in [7, 11) is 0. The van der Waals surface area contributed by atoms with E-state index < -0.39 is 0 Å². The van der Waals surface area contributed by atoms with Crippen molar-refractivity contribution >= 4 is 29.2 Å². The maximum Gasteiger partial charge on any atom is 0.243 e. The van der Waals surface area contributed by atoms with E-state index in [2.05, 4.69) is 27.8 Å². The third kappa shape index (κ3) is 3.88. The Kier molecular flexibility index (Phi) is 5.37. The number of nitrogens with zero attached hydrogens (tertiary/aromatic N) is 4. The molecule has 0 amide bonds. The molecule has 0 unspecified atom stereocenters. The number of aryl methyl sites for hydroxylation is 1. The molecule has 2 aromatic heterocycles. The van der Waals surface area contributed by atoms with Crippen molar-refractivity contribution in [1.29, 1.82) is 0 Å². The van der Waals surface area contributed by atoms with Crippen LogP contribution < -0.4 is 5.32 Å². The van der Waals surface area contributed by atoms with Crippen molar-refractivity contribution in [3.05, 3.63) is 46.1 Å². The molecular formula is C16H17Cl2N5O. The van der Waals surface area contributed by atoms with Gasteiger partial charge in [0.05, 0.1) is 11.6 Å². The third-order valence-corrected chi connectivity index (χ3v) is 4.10. The van der Waals surface area contributed by atoms with Gasteiger partial charge in [-0.3, -0.25) is 0 Å². The molecule has 24 heavy (non-hydrogen) atoms. The van der Waals surface area contributed by atoms with E-state index in [0.717, 1.165) is 30.7 Å². The zero-order chi connectivity index (χ0) is 16.9. The minimum absolute atomic E-state index is 0.477. The molecule has 0 spiro atoms. The maximum absolute atomic E-state index is 6.20. The van der Waals surface area contributed by atoms with Crippen molar-refractivity contribution in [2.24, 2.45) is 0 Å². The molecule has 8 heteroatoms. The molecule has 0 aliphatic carbocycles. The molecule has 2 heterocycles. The number of halogens is 2. The predicted octanol–water partition coefficient (Wildman–Crippen LogP) is 4.65. The summed E-state index contributed by atoms with van der Waals surface area (Å²) in [4.78, 5) is 0. The van der Waals surface area contributed by atoms with Crippen molar-refractivity contribution in [3.8, 4) is 11.3 Å². The lowest BCUT2D eigenvalue weighted by Crippen LogP contribution is -2.08. The van der Waals surface area contributed by atoms with Crippen molar-refractivity contribution in [2.45, 2.75) is 32.9 Å². The van der Waals surface area contributed by atoms with Crippen LogP contribution in [0.25, 0.3) is 11.3 Å². The van der Waals surface area contributed by atoms with Gasteiger partial charge in [0, 0.05) is 17.1 Å². The first-order chi connectivity index (χ1) is 11.7. The lowest BCUT2D eigenvalue weighted by atomic mass is 10.2. The van der Waals surface area contributed by atoms with Gasteiger partial charge in [0.2, 0.25) is 5.95 Å². The van der Waals surface area contributed by atoms with E-state index in [-0.39, 0.29) is 0 Å². The Hall–Kier alpha value is -2.05. The Bertz CT molecular complexity index is 814. The summed E-state index contributed by atoms with van der Waals surface area (Å²) in [6.45, 7) is 3.39. The van der Waals surface area contributed by atoms with Crippen LogP contribution >= 0.6 is 23.2 Å². The molecule has 0 saturated heterocycles. The Morgan fingerprint density at radius 1 is 1.21 bits per heavy atom. The van der Waals surface area contributed by atoms with Crippen LogP contribution in [0.2, 0.25) is 10.0 Å². The van der Waals surface area contributed by atoms with Gasteiger partial charge >= 0.3 is 0 Å². The second kappa shape index (κ2) is 7.68. The zero-order valence-corrected chi connectivity index (χ0v) is 14.7. The molecule has 0 atom stereocenters. The second-order valence-corrected chi connectivity index (χ2v) is 6.17. The molecule has 0 aliphatic rings. The number of furan rings is 1. The van der Waals surface area contributed by atoms with Crippen molar-refractivity contribution in [1.82, 2.24) is 20.2 Å². The fourth-order valence-electron chi connectivity index (χ4n) is 2.26. The fourth-order valence-corrected chi connectivity index (χ4v) is 2.64. The van der Waals surface area contributed by atoms with Crippen LogP contribution in [-0.4, -0.2) is 20.2 Å². The first kappa shape index (κ1) is 16.8. The van der Waals surface area contributed by atoms with E-state index in [1.54, 1.807) is 22.9 Å². The highest BCUT2D eigenvalue weighted by atomic mass is 35.5. The molecule has 1 N–H and O–H groups in total. The van der Waals surface area contributed by atoms with Crippen LogP contribution in [-0.2, 0) is 13.1 Å². The summed E-state index contributed by atoms with van der Waals surface area (Å²) in [6, 6.07) is 9.04. The smallest absolute Gasteiger partial charge is 0.243 e. The first-order valence-corrected chi connectivity index (χ1v) is 8.47. The summed E-state index contributed by atoms with van der Waals surface area (Å²) < 4.78 is 7.59. The van der Waals surface area contributed by atoms with Gasteiger partial charge in [0.15, 0.2) is 0 Å². The number of nitrogens with one attached hydrogen (secondary N) is 1. The van der Waals surface area contributed by atoms with E-state index in [9.17, 15) is 0 Å². The highest BCUT2D eigenvalue weighted by molar-refractivity contribution is 6.35. The standard InChI is InChI=1S/C16H17Cl2N5O/c1-2-3-8-23-16(20-21-22-23)19-10-12-5-7-15(24-12)13-9-11(17)4-6-14(13)18/h4-7,9H,2-3,8,10H2,1H3,(H,19,20,22). The molecule has 0 fully saturated rings. The van der Waals surface area contributed by atoms with Gasteiger partial charge in [-0.1, -0.05) is 41.6 Å². The molecule has 3 rings (SSSR count). The predicted molar refractivity (Wildman–Crippen MR) is 94.2 cm³/mol. The number of unbranched alkanes of at least 4 members (excludes halogenated alkanes) is 1. The van der Waals surface area contributed by atoms with Crippen LogP contribution in [0, 0.1) is 0 Å². The highest BCUT2D eigenvalue weighted by Crippen LogP contribution is 2.31. The van der Waals surface area contributed by atoms with Gasteiger partial charge in [-0.2, -0.15) is 0 Å². The molecule has 0 saturated carbocycles. The summed E-state index contributed by atoms with van der Waals surface area (Å²) in [6.07, 6.45) is 2.11. The average molecular weight is 366 g/mol. The van der Waals surface area contributed by atoms with Crippen LogP contribution in [0.4, 0.5) is 5.95 Å². The van der Waals surface area contributed by atoms with Gasteiger partial charge in [-0.05, 0) is 47.2 Å². The quantitative estimate of drug-likeness (QED) is 0.659. The SMILES string of the molecule is CCCCn1nnnc1NCc1ccc(-c2cc(Cl)ccc2Cl)o1. The second-order valence-electron chi connectivity index (χ2n) is 5.32. The molecule has 0 aliphatic heterocycles. The number of rotatable bonds is 7. The van der Waals surface area contributed by atoms with Gasteiger partial charge in [-0.25, -0.2) is 4.68 Å². The molecule has 0 bridgehead atoms. The van der Waals surface area contributed by atoms with Crippen molar-refractivity contribution < 1.29 is 4.42 Å². The Morgan fingerprint density at radius 2 is 2.08 bits per heavy atom. The first-order valence-electron chi connectivity index (χ1n) is 7.71. The van der Waals surface area contributed by atoms with Gasteiger partial charge < -0.3 is 9.73 Å². The largest absolute Gasteiger partial charge is 0.459 e. The zero-order valence-electron chi connectivity index (χ0n) is 13.2. The average Bonchev–Trinajstić information content (AvgIpc) is 3.22. The van der Waals surface area contributed by atoms with Gasteiger partial charge in [0.25, 0.3) is 0 Å². The summed E-state index contributed by atoms with van der Waals surface area (Å²) in [5.74, 6) is 2.05. The number of tetrazole rings is 1. The third-order valence-electron chi connectivity index (χ3n) is 3.53. The Morgan fingerprint density at radius 3 is 2.92 bits per heavy atom. The monoisotopic (exact) mass is 365 g/mol. The summed E-state index contributed by atoms with van der Waals surface area (Å²) >= 11 is 12.2. The summed E-state index contributed by atoms with van der Waals surface area (Å²) in [5, 5.41) is 16.0. The molecule has 1 aromatic carbocycles. The van der Waals surface area contributed by atoms with Crippen molar-refractivity contribution in [2.75, 3.05) is 5.32 Å². The summed E-state index contributed by atoms with van der Waals surface area (Å²) in [5.41, 5.74) is 0.767. The topological polar surface area (TPSA) is 68.8 Å². The lowest BCUT2D eigenvalue weighted by Gasteiger charge is -2.05. The fraction of sp³-hybridized carbons (Fsp3) is 0.312. The maximum atomic E-state index is 6.20. The molecule has 126 valence electrons. The molecule has 3 aromatic rings. The van der Waals surface area contributed by atoms with Gasteiger partial charge in [0.1, 0.15) is 11.5 Å². The van der Waals surface area contributed by atoms with Crippen LogP contribution in [0.3, 0.4) is 0 Å². The number of anilines is 1. The molecule has 0 radical (unpaired) electrons. The van der Waals surface area contributed by atoms with Gasteiger partial charge in [-0.15, -0.1) is 0 Å². The van der Waals surface area contributed by atoms with E-state index >= 15 is 0 Å². The minimum Gasteiger partial charge on any atom is -0.459 e. The number of hydrogen-bond acceptors (Lipinski definition) is 5. The Balaban J connectivity index is 1.69. The number of aromatic nitrogens is 4. The van der Waals surface area contributed by atoms with Crippen LogP contribution in [0.5, 0.6) is 0 Å². The normalized spacial score (nSPS) is 11.0. The van der Waals surface area contributed by atoms with Crippen LogP contribution in [0.1, 0.15) is 25.5 Å².